The summed E-state index contributed by atoms with van der Waals surface area (Å²) in [5.74, 6) is 1.46. The second-order valence-corrected chi connectivity index (χ2v) is 21.1. The third-order valence-electron chi connectivity index (χ3n) is 15.1. The number of aromatic nitrogens is 2. The number of piperidine rings is 2. The van der Waals surface area contributed by atoms with Crippen LogP contribution in [0.5, 0.6) is 0 Å². The SMILES string of the molecule is C.C[n+]1ccn(C(=O)N2CCc3cc(Cl)c(Cl)cc3C2)c1.O=C(N1CCc2cc(Cl)c(Cl)cc2C1)N1CCC(N2CCC(c3ccccc3)CC2)C1.[I-].c1ccc(C2CCN(C3CCNC3)CC2)cc1. The maximum atomic E-state index is 13.2. The van der Waals surface area contributed by atoms with Crippen LogP contribution in [0.1, 0.15) is 91.2 Å². The van der Waals surface area contributed by atoms with E-state index in [1.54, 1.807) is 17.1 Å². The first-order valence-corrected chi connectivity index (χ1v) is 26.2. The number of benzene rings is 4. The van der Waals surface area contributed by atoms with Crippen LogP contribution in [0.3, 0.4) is 0 Å². The summed E-state index contributed by atoms with van der Waals surface area (Å²) in [6.07, 6.45) is 14.5. The molecule has 6 aliphatic heterocycles. The predicted octanol–water partition coefficient (Wildman–Crippen LogP) is 7.94. The van der Waals surface area contributed by atoms with E-state index in [0.717, 1.165) is 75.1 Å². The topological polar surface area (TPSA) is 71.2 Å². The summed E-state index contributed by atoms with van der Waals surface area (Å²) in [5.41, 5.74) is 7.57. The first-order valence-electron chi connectivity index (χ1n) is 24.6. The summed E-state index contributed by atoms with van der Waals surface area (Å²) in [6.45, 7) is 11.6. The van der Waals surface area contributed by atoms with Gasteiger partial charge in [-0.15, -0.1) is 0 Å². The quantitative estimate of drug-likeness (QED) is 0.146. The molecule has 1 aromatic heterocycles. The number of carbonyl (C=O) groups is 2. The van der Waals surface area contributed by atoms with Crippen LogP contribution in [0, 0.1) is 0 Å². The van der Waals surface area contributed by atoms with Crippen molar-refractivity contribution in [2.75, 3.05) is 65.4 Å². The average molecular weight is 1140 g/mol. The number of hydrogen-bond donors (Lipinski definition) is 1. The number of nitrogens with one attached hydrogen (secondary N) is 1. The summed E-state index contributed by atoms with van der Waals surface area (Å²) in [4.78, 5) is 36.7. The number of nitrogens with zero attached hydrogens (tertiary/aromatic N) is 7. The van der Waals surface area contributed by atoms with Crippen LogP contribution in [0.15, 0.2) is 104 Å². The Morgan fingerprint density at radius 3 is 1.50 bits per heavy atom. The van der Waals surface area contributed by atoms with Gasteiger partial charge in [0, 0.05) is 57.9 Å². The summed E-state index contributed by atoms with van der Waals surface area (Å²) in [6, 6.07) is 31.0. The highest BCUT2D eigenvalue weighted by Crippen LogP contribution is 2.34. The van der Waals surface area contributed by atoms with Crippen molar-refractivity contribution >= 4 is 58.5 Å². The Balaban J connectivity index is 0.000000161. The standard InChI is InChI=1S/C25H29Cl2N3O.C15H22N2.C14H14Cl2N3O.CH4.HI/c26-23-14-20-8-12-29(16-21(20)15-24(23)27)25(31)30-13-9-22(17-30)28-10-6-19(7-11-28)18-4-2-1-3-5-18;1-2-4-13(5-3-1)14-7-10-17(11-8-14)15-6-9-16-12-15;1-17-4-5-19(9-17)14(20)18-3-2-10-6-12(15)13(16)7-11(10)8-18;;/h1-5,14-15,19,22H,6-13,16-17H2;1-5,14-16H,6-12H2;4-7,9H,2-3,8H2,1H3;1H4;1H/q;;+1;;/p-1. The molecule has 11 rings (SSSR count). The molecule has 70 heavy (non-hydrogen) atoms. The van der Waals surface area contributed by atoms with E-state index in [-0.39, 0.29) is 43.5 Å². The van der Waals surface area contributed by atoms with E-state index in [1.807, 2.05) is 51.9 Å². The summed E-state index contributed by atoms with van der Waals surface area (Å²) >= 11 is 24.4. The van der Waals surface area contributed by atoms with Crippen molar-refractivity contribution < 1.29 is 38.1 Å². The van der Waals surface area contributed by atoms with Gasteiger partial charge in [-0.05, 0) is 154 Å². The van der Waals surface area contributed by atoms with Crippen molar-refractivity contribution in [3.05, 3.63) is 157 Å². The molecular weight excluding hydrogens is 1070 g/mol. The molecule has 0 bridgehead atoms. The Bertz CT molecular complexity index is 2490. The Kier molecular flexibility index (Phi) is 19.8. The largest absolute Gasteiger partial charge is 1.00 e. The van der Waals surface area contributed by atoms with Gasteiger partial charge < -0.3 is 39.1 Å². The molecule has 5 aromatic rings. The normalized spacial score (nSPS) is 20.7. The summed E-state index contributed by atoms with van der Waals surface area (Å²) in [7, 11) is 1.89. The van der Waals surface area contributed by atoms with E-state index in [9.17, 15) is 9.59 Å². The van der Waals surface area contributed by atoms with Gasteiger partial charge in [0.1, 0.15) is 12.4 Å². The summed E-state index contributed by atoms with van der Waals surface area (Å²) < 4.78 is 3.43. The molecule has 3 amide bonds. The molecule has 0 radical (unpaired) electrons. The van der Waals surface area contributed by atoms with Crippen LogP contribution in [-0.2, 0) is 33.0 Å². The van der Waals surface area contributed by atoms with Gasteiger partial charge in [-0.25, -0.2) is 14.2 Å². The minimum absolute atomic E-state index is 0. The minimum Gasteiger partial charge on any atom is -1.00 e. The highest BCUT2D eigenvalue weighted by Gasteiger charge is 2.36. The van der Waals surface area contributed by atoms with E-state index in [1.165, 1.54) is 80.5 Å². The van der Waals surface area contributed by atoms with Crippen LogP contribution in [0.25, 0.3) is 0 Å². The minimum atomic E-state index is -0.0256. The molecule has 10 nitrogen and oxygen atoms in total. The Hall–Kier alpha value is -3.40. The fourth-order valence-corrected chi connectivity index (χ4v) is 11.9. The Morgan fingerprint density at radius 2 is 1.04 bits per heavy atom. The molecule has 1 N–H and O–H groups in total. The first kappa shape index (κ1) is 54.4. The lowest BCUT2D eigenvalue weighted by Gasteiger charge is -2.36. The van der Waals surface area contributed by atoms with Crippen LogP contribution >= 0.6 is 46.4 Å². The molecule has 0 spiro atoms. The number of urea groups is 1. The van der Waals surface area contributed by atoms with Crippen molar-refractivity contribution in [2.24, 2.45) is 7.05 Å². The highest BCUT2D eigenvalue weighted by molar-refractivity contribution is 6.42. The lowest BCUT2D eigenvalue weighted by molar-refractivity contribution is -0.670. The number of hydrogen-bond acceptors (Lipinski definition) is 5. The zero-order chi connectivity index (χ0) is 47.1. The van der Waals surface area contributed by atoms with Crippen molar-refractivity contribution in [1.82, 2.24) is 34.4 Å². The fourth-order valence-electron chi connectivity index (χ4n) is 11.2. The second kappa shape index (κ2) is 25.5. The molecule has 4 aromatic carbocycles. The van der Waals surface area contributed by atoms with E-state index in [4.69, 9.17) is 46.4 Å². The molecule has 2 unspecified atom stereocenters. The lowest BCUT2D eigenvalue weighted by atomic mass is 9.89. The van der Waals surface area contributed by atoms with Gasteiger partial charge >= 0.3 is 12.1 Å². The highest BCUT2D eigenvalue weighted by atomic mass is 127. The average Bonchev–Trinajstić information content (AvgIpc) is 4.19. The van der Waals surface area contributed by atoms with Crippen molar-refractivity contribution in [3.8, 4) is 0 Å². The third kappa shape index (κ3) is 13.4. The number of halogens is 5. The van der Waals surface area contributed by atoms with Gasteiger partial charge in [0.2, 0.25) is 0 Å². The van der Waals surface area contributed by atoms with E-state index in [0.29, 0.717) is 51.7 Å². The molecule has 7 heterocycles. The lowest BCUT2D eigenvalue weighted by Crippen LogP contribution is -3.00. The molecule has 2 atom stereocenters. The fraction of sp³-hybridized carbons (Fsp3) is 0.473. The molecule has 15 heteroatoms. The number of likely N-dealkylation sites (tertiary alicyclic amines) is 3. The molecule has 376 valence electrons. The van der Waals surface area contributed by atoms with Gasteiger partial charge in [-0.3, -0.25) is 14.7 Å². The Labute approximate surface area is 453 Å². The second-order valence-electron chi connectivity index (χ2n) is 19.4. The van der Waals surface area contributed by atoms with Crippen LogP contribution in [0.2, 0.25) is 20.1 Å². The monoisotopic (exact) mass is 1140 g/mol. The number of amides is 3. The molecule has 4 saturated heterocycles. The van der Waals surface area contributed by atoms with Crippen molar-refractivity contribution in [2.45, 2.75) is 95.8 Å². The molecule has 6 aliphatic rings. The number of carbonyl (C=O) groups excluding carboxylic acids is 2. The van der Waals surface area contributed by atoms with Gasteiger partial charge in [0.25, 0.3) is 6.33 Å². The van der Waals surface area contributed by atoms with E-state index >= 15 is 0 Å². The van der Waals surface area contributed by atoms with Gasteiger partial charge in [0.15, 0.2) is 0 Å². The zero-order valence-corrected chi connectivity index (χ0v) is 44.8. The van der Waals surface area contributed by atoms with Crippen LogP contribution < -0.4 is 33.9 Å². The Morgan fingerprint density at radius 1 is 0.571 bits per heavy atom. The predicted molar refractivity (Wildman–Crippen MR) is 281 cm³/mol. The van der Waals surface area contributed by atoms with E-state index in [2.05, 4.69) is 80.7 Å². The first-order chi connectivity index (χ1) is 33.1. The number of imidazole rings is 1. The number of fused-ring (bicyclic) bond motifs is 2. The zero-order valence-electron chi connectivity index (χ0n) is 39.6. The maximum absolute atomic E-state index is 13.2. The van der Waals surface area contributed by atoms with Gasteiger partial charge in [0.05, 0.1) is 27.1 Å². The van der Waals surface area contributed by atoms with E-state index < -0.39 is 0 Å². The summed E-state index contributed by atoms with van der Waals surface area (Å²) in [5, 5.41) is 5.74. The van der Waals surface area contributed by atoms with Crippen molar-refractivity contribution in [3.63, 3.8) is 0 Å². The molecule has 0 aliphatic carbocycles. The van der Waals surface area contributed by atoms with Crippen LogP contribution in [-0.4, -0.2) is 119 Å². The van der Waals surface area contributed by atoms with Crippen LogP contribution in [0.4, 0.5) is 9.59 Å². The molecule has 0 saturated carbocycles. The maximum Gasteiger partial charge on any atom is 0.416 e. The van der Waals surface area contributed by atoms with Gasteiger partial charge in [-0.2, -0.15) is 4.57 Å². The smallest absolute Gasteiger partial charge is 0.416 e. The van der Waals surface area contributed by atoms with Crippen molar-refractivity contribution in [1.29, 1.82) is 0 Å². The third-order valence-corrected chi connectivity index (χ3v) is 16.6. The number of aryl methyl sites for hydroxylation is 1. The molecular formula is C55H69Cl4IN8O2. The number of rotatable bonds is 4. The van der Waals surface area contributed by atoms with Gasteiger partial charge in [-0.1, -0.05) is 114 Å². The molecule has 4 fully saturated rings.